The van der Waals surface area contributed by atoms with Gasteiger partial charge in [-0.2, -0.15) is 0 Å². The molecule has 0 unspecified atom stereocenters. The van der Waals surface area contributed by atoms with E-state index in [1.165, 1.54) is 38.9 Å². The van der Waals surface area contributed by atoms with Crippen LogP contribution in [0.1, 0.15) is 25.0 Å². The van der Waals surface area contributed by atoms with Gasteiger partial charge in [0.2, 0.25) is 0 Å². The Hall–Kier alpha value is -5.08. The van der Waals surface area contributed by atoms with Crippen LogP contribution in [0.25, 0.3) is 55.3 Å². The van der Waals surface area contributed by atoms with Gasteiger partial charge in [-0.15, -0.1) is 0 Å². The zero-order valence-electron chi connectivity index (χ0n) is 23.0. The van der Waals surface area contributed by atoms with Gasteiger partial charge in [0.1, 0.15) is 22.7 Å². The second-order valence-corrected chi connectivity index (χ2v) is 11.4. The minimum atomic E-state index is -0.100. The smallest absolute Gasteiger partial charge is 0.135 e. The number of furan rings is 1. The molecule has 8 rings (SSSR count). The minimum absolute atomic E-state index is 0.100. The van der Waals surface area contributed by atoms with Crippen LogP contribution in [0, 0.1) is 0 Å². The van der Waals surface area contributed by atoms with Gasteiger partial charge in [-0.05, 0) is 63.7 Å². The van der Waals surface area contributed by atoms with E-state index < -0.39 is 0 Å². The van der Waals surface area contributed by atoms with E-state index in [1.807, 2.05) is 18.2 Å². The number of rotatable bonds is 3. The SMILES string of the molecule is CC1(C)c2ccccc2Oc2cc(-c3ccc(-c4ccc(-c5ccc6oc7ccccc7c6c5)cc4)cc3)ccc21. The lowest BCUT2D eigenvalue weighted by Crippen LogP contribution is -2.24. The second kappa shape index (κ2) is 8.97. The number of ether oxygens (including phenoxy) is 1. The Morgan fingerprint density at radius 3 is 1.66 bits per heavy atom. The Balaban J connectivity index is 1.06. The van der Waals surface area contributed by atoms with Crippen LogP contribution in [0.5, 0.6) is 11.5 Å². The standard InChI is InChI=1S/C39H28O2/c1-39(2)33-8-4-6-10-37(33)41-38-24-30(19-21-34(38)39)28-17-13-26(14-18-28)25-11-15-27(16-12-25)29-20-22-36-32(23-29)31-7-3-5-9-35(31)40-36/h3-24H,1-2H3. The third-order valence-corrected chi connectivity index (χ3v) is 8.58. The van der Waals surface area contributed by atoms with Gasteiger partial charge in [-0.3, -0.25) is 0 Å². The van der Waals surface area contributed by atoms with Crippen molar-refractivity contribution in [1.82, 2.24) is 0 Å². The average molecular weight is 529 g/mol. The Bertz CT molecular complexity index is 2080. The van der Waals surface area contributed by atoms with E-state index >= 15 is 0 Å². The van der Waals surface area contributed by atoms with Crippen LogP contribution < -0.4 is 4.74 Å². The largest absolute Gasteiger partial charge is 0.457 e. The summed E-state index contributed by atoms with van der Waals surface area (Å²) >= 11 is 0. The molecule has 41 heavy (non-hydrogen) atoms. The first-order chi connectivity index (χ1) is 20.0. The zero-order valence-corrected chi connectivity index (χ0v) is 23.0. The van der Waals surface area contributed by atoms with Crippen LogP contribution in [-0.2, 0) is 5.41 Å². The Morgan fingerprint density at radius 2 is 0.927 bits per heavy atom. The minimum Gasteiger partial charge on any atom is -0.457 e. The van der Waals surface area contributed by atoms with Crippen molar-refractivity contribution < 1.29 is 9.15 Å². The molecule has 0 N–H and O–H groups in total. The molecule has 1 aromatic heterocycles. The molecule has 1 aliphatic heterocycles. The van der Waals surface area contributed by atoms with E-state index in [0.717, 1.165) is 39.0 Å². The second-order valence-electron chi connectivity index (χ2n) is 11.4. The van der Waals surface area contributed by atoms with Crippen molar-refractivity contribution in [3.8, 4) is 44.9 Å². The fourth-order valence-corrected chi connectivity index (χ4v) is 6.25. The lowest BCUT2D eigenvalue weighted by Gasteiger charge is -2.34. The van der Waals surface area contributed by atoms with Crippen molar-refractivity contribution in [2.24, 2.45) is 0 Å². The van der Waals surface area contributed by atoms with Gasteiger partial charge in [0.15, 0.2) is 0 Å². The van der Waals surface area contributed by atoms with Crippen LogP contribution in [0.4, 0.5) is 0 Å². The molecule has 0 radical (unpaired) electrons. The van der Waals surface area contributed by atoms with Crippen molar-refractivity contribution in [2.75, 3.05) is 0 Å². The maximum atomic E-state index is 6.35. The summed E-state index contributed by atoms with van der Waals surface area (Å²) in [6.45, 7) is 4.54. The molecule has 0 saturated heterocycles. The van der Waals surface area contributed by atoms with Gasteiger partial charge in [-0.1, -0.05) is 117 Å². The van der Waals surface area contributed by atoms with Crippen molar-refractivity contribution in [3.05, 3.63) is 145 Å². The first-order valence-electron chi connectivity index (χ1n) is 14.1. The number of hydrogen-bond donors (Lipinski definition) is 0. The summed E-state index contributed by atoms with van der Waals surface area (Å²) in [5.41, 5.74) is 11.3. The lowest BCUT2D eigenvalue weighted by molar-refractivity contribution is 0.418. The molecule has 0 amide bonds. The predicted octanol–water partition coefficient (Wildman–Crippen LogP) is 11.0. The Labute approximate surface area is 239 Å². The van der Waals surface area contributed by atoms with Crippen LogP contribution in [0.15, 0.2) is 138 Å². The molecule has 1 aliphatic rings. The van der Waals surface area contributed by atoms with E-state index in [9.17, 15) is 0 Å². The molecule has 196 valence electrons. The van der Waals surface area contributed by atoms with Crippen molar-refractivity contribution in [3.63, 3.8) is 0 Å². The van der Waals surface area contributed by atoms with E-state index in [2.05, 4.69) is 129 Å². The molecule has 6 aromatic carbocycles. The van der Waals surface area contributed by atoms with E-state index in [4.69, 9.17) is 9.15 Å². The highest BCUT2D eigenvalue weighted by Gasteiger charge is 2.33. The molecule has 2 nitrogen and oxygen atoms in total. The highest BCUT2D eigenvalue weighted by Crippen LogP contribution is 2.48. The summed E-state index contributed by atoms with van der Waals surface area (Å²) < 4.78 is 12.4. The van der Waals surface area contributed by atoms with Crippen LogP contribution in [0.3, 0.4) is 0 Å². The molecular formula is C39H28O2. The fraction of sp³-hybridized carbons (Fsp3) is 0.0769. The summed E-state index contributed by atoms with van der Waals surface area (Å²) in [5.74, 6) is 1.88. The van der Waals surface area contributed by atoms with Gasteiger partial charge < -0.3 is 9.15 Å². The summed E-state index contributed by atoms with van der Waals surface area (Å²) in [5, 5.41) is 2.30. The van der Waals surface area contributed by atoms with E-state index in [0.29, 0.717) is 0 Å². The molecule has 0 atom stereocenters. The van der Waals surface area contributed by atoms with Gasteiger partial charge in [0.05, 0.1) is 0 Å². The van der Waals surface area contributed by atoms with Crippen LogP contribution in [-0.4, -0.2) is 0 Å². The van der Waals surface area contributed by atoms with Crippen LogP contribution >= 0.6 is 0 Å². The summed E-state index contributed by atoms with van der Waals surface area (Å²) in [7, 11) is 0. The van der Waals surface area contributed by atoms with Crippen molar-refractivity contribution in [1.29, 1.82) is 0 Å². The lowest BCUT2D eigenvalue weighted by atomic mass is 9.75. The average Bonchev–Trinajstić information content (AvgIpc) is 3.39. The third kappa shape index (κ3) is 3.87. The zero-order chi connectivity index (χ0) is 27.6. The van der Waals surface area contributed by atoms with Crippen LogP contribution in [0.2, 0.25) is 0 Å². The molecule has 2 heterocycles. The summed E-state index contributed by atoms with van der Waals surface area (Å²) in [6.07, 6.45) is 0. The molecule has 0 aliphatic carbocycles. The molecule has 7 aromatic rings. The molecular weight excluding hydrogens is 500 g/mol. The Morgan fingerprint density at radius 1 is 0.415 bits per heavy atom. The highest BCUT2D eigenvalue weighted by atomic mass is 16.5. The van der Waals surface area contributed by atoms with Gasteiger partial charge in [0.25, 0.3) is 0 Å². The molecule has 0 saturated carbocycles. The number of para-hydroxylation sites is 2. The number of hydrogen-bond acceptors (Lipinski definition) is 2. The summed E-state index contributed by atoms with van der Waals surface area (Å²) in [4.78, 5) is 0. The molecule has 0 spiro atoms. The van der Waals surface area contributed by atoms with Gasteiger partial charge in [0, 0.05) is 27.3 Å². The quantitative estimate of drug-likeness (QED) is 0.228. The predicted molar refractivity (Wildman–Crippen MR) is 169 cm³/mol. The van der Waals surface area contributed by atoms with Gasteiger partial charge >= 0.3 is 0 Å². The van der Waals surface area contributed by atoms with Crippen molar-refractivity contribution in [2.45, 2.75) is 19.3 Å². The van der Waals surface area contributed by atoms with E-state index in [-0.39, 0.29) is 5.41 Å². The highest BCUT2D eigenvalue weighted by molar-refractivity contribution is 6.06. The normalized spacial score (nSPS) is 13.5. The molecule has 0 bridgehead atoms. The van der Waals surface area contributed by atoms with Gasteiger partial charge in [-0.25, -0.2) is 0 Å². The maximum Gasteiger partial charge on any atom is 0.135 e. The summed E-state index contributed by atoms with van der Waals surface area (Å²) in [6, 6.07) is 47.2. The van der Waals surface area contributed by atoms with E-state index in [1.54, 1.807) is 0 Å². The first-order valence-corrected chi connectivity index (χ1v) is 14.1. The molecule has 2 heteroatoms. The van der Waals surface area contributed by atoms with Crippen molar-refractivity contribution >= 4 is 21.9 Å². The fourth-order valence-electron chi connectivity index (χ4n) is 6.25. The topological polar surface area (TPSA) is 22.4 Å². The monoisotopic (exact) mass is 528 g/mol. The Kier molecular flexibility index (Phi) is 5.20. The maximum absolute atomic E-state index is 6.35. The first kappa shape index (κ1) is 23.8. The number of fused-ring (bicyclic) bond motifs is 5. The molecule has 0 fully saturated rings. The number of benzene rings is 6. The third-order valence-electron chi connectivity index (χ3n) is 8.58.